The van der Waals surface area contributed by atoms with Crippen molar-refractivity contribution in [2.45, 2.75) is 6.04 Å². The zero-order valence-electron chi connectivity index (χ0n) is 19.0. The van der Waals surface area contributed by atoms with Crippen molar-refractivity contribution in [1.29, 1.82) is 0 Å². The summed E-state index contributed by atoms with van der Waals surface area (Å²) >= 11 is 0. The zero-order chi connectivity index (χ0) is 21.4. The first-order chi connectivity index (χ1) is 14.3. The molecule has 0 bridgehead atoms. The number of hydrazone groups is 1. The Bertz CT molecular complexity index is 941. The van der Waals surface area contributed by atoms with Gasteiger partial charge in [0.2, 0.25) is 0 Å². The fourth-order valence-corrected chi connectivity index (χ4v) is 4.58. The summed E-state index contributed by atoms with van der Waals surface area (Å²) < 4.78 is 0. The van der Waals surface area contributed by atoms with Crippen LogP contribution in [0.3, 0.4) is 0 Å². The third-order valence-electron chi connectivity index (χ3n) is 6.18. The third kappa shape index (κ3) is 3.94. The average Bonchev–Trinajstić information content (AvgIpc) is 3.04. The van der Waals surface area contributed by atoms with E-state index in [0.29, 0.717) is 5.92 Å². The van der Waals surface area contributed by atoms with Gasteiger partial charge in [0.25, 0.3) is 0 Å². The largest absolute Gasteiger partial charge is 0.378 e. The molecule has 2 atom stereocenters. The summed E-state index contributed by atoms with van der Waals surface area (Å²) in [5, 5.41) is 7.18. The molecule has 2 aliphatic rings. The van der Waals surface area contributed by atoms with Crippen LogP contribution in [-0.2, 0) is 0 Å². The van der Waals surface area contributed by atoms with E-state index in [1.807, 2.05) is 0 Å². The van der Waals surface area contributed by atoms with Crippen molar-refractivity contribution in [3.05, 3.63) is 65.2 Å². The van der Waals surface area contributed by atoms with E-state index in [0.717, 1.165) is 13.1 Å². The summed E-state index contributed by atoms with van der Waals surface area (Å²) in [6.45, 7) is 1.96. The number of anilines is 2. The van der Waals surface area contributed by atoms with Crippen LogP contribution in [0.25, 0.3) is 6.08 Å². The van der Waals surface area contributed by atoms with Crippen LogP contribution in [-0.4, -0.2) is 71.0 Å². The van der Waals surface area contributed by atoms with E-state index in [9.17, 15) is 0 Å². The monoisotopic (exact) mass is 403 g/mol. The molecule has 2 aromatic rings. The first kappa shape index (κ1) is 20.5. The second-order valence-electron chi connectivity index (χ2n) is 8.95. The number of hydrogen-bond acceptors (Lipinski definition) is 5. The first-order valence-electron chi connectivity index (χ1n) is 10.6. The number of hydrogen-bond donors (Lipinski definition) is 0. The lowest BCUT2D eigenvalue weighted by Crippen LogP contribution is -2.41. The van der Waals surface area contributed by atoms with Gasteiger partial charge in [0.15, 0.2) is 0 Å². The maximum Gasteiger partial charge on any atom is 0.0813 e. The van der Waals surface area contributed by atoms with Crippen LogP contribution in [0, 0.1) is 5.92 Å². The van der Waals surface area contributed by atoms with Gasteiger partial charge in [-0.1, -0.05) is 24.3 Å². The summed E-state index contributed by atoms with van der Waals surface area (Å²) in [5.74, 6) is 0.381. The molecule has 0 aliphatic carbocycles. The van der Waals surface area contributed by atoms with Gasteiger partial charge >= 0.3 is 0 Å². The maximum atomic E-state index is 5.02. The van der Waals surface area contributed by atoms with Crippen LogP contribution >= 0.6 is 0 Å². The van der Waals surface area contributed by atoms with Crippen molar-refractivity contribution in [2.75, 3.05) is 65.2 Å². The van der Waals surface area contributed by atoms with Crippen LogP contribution in [0.4, 0.5) is 11.4 Å². The van der Waals surface area contributed by atoms with Crippen LogP contribution in [0.1, 0.15) is 17.2 Å². The fraction of sp³-hybridized carbons (Fsp3) is 0.400. The Morgan fingerprint density at radius 1 is 0.867 bits per heavy atom. The van der Waals surface area contributed by atoms with Gasteiger partial charge in [0, 0.05) is 65.6 Å². The molecule has 0 aromatic heterocycles. The standard InChI is InChI=1S/C25H33N5/c1-27(2)21-11-7-18(8-12-21)15-20-16-29(5)17-23-24(20)26-30(6)25(23)19-9-13-22(14-10-19)28(3)4/h7-15,23,25H,16-17H2,1-6H3/b20-15+. The minimum Gasteiger partial charge on any atom is -0.378 e. The predicted molar refractivity (Wildman–Crippen MR) is 128 cm³/mol. The minimum absolute atomic E-state index is 0.276. The second-order valence-corrected chi connectivity index (χ2v) is 8.95. The predicted octanol–water partition coefficient (Wildman–Crippen LogP) is 3.81. The van der Waals surface area contributed by atoms with Crippen molar-refractivity contribution >= 4 is 23.2 Å². The van der Waals surface area contributed by atoms with Crippen LogP contribution in [0.2, 0.25) is 0 Å². The Morgan fingerprint density at radius 2 is 1.43 bits per heavy atom. The molecule has 5 nitrogen and oxygen atoms in total. The second kappa shape index (κ2) is 8.15. The maximum absolute atomic E-state index is 5.02. The van der Waals surface area contributed by atoms with E-state index in [2.05, 4.69) is 117 Å². The van der Waals surface area contributed by atoms with Crippen LogP contribution in [0.5, 0.6) is 0 Å². The summed E-state index contributed by atoms with van der Waals surface area (Å²) in [6, 6.07) is 17.9. The Kier molecular flexibility index (Phi) is 5.56. The van der Waals surface area contributed by atoms with E-state index < -0.39 is 0 Å². The quantitative estimate of drug-likeness (QED) is 0.775. The molecular formula is C25H33N5. The number of piperidine rings is 1. The molecule has 0 radical (unpaired) electrons. The molecule has 5 heteroatoms. The van der Waals surface area contributed by atoms with Gasteiger partial charge < -0.3 is 14.7 Å². The molecule has 0 amide bonds. The van der Waals surface area contributed by atoms with E-state index in [4.69, 9.17) is 5.10 Å². The lowest BCUT2D eigenvalue weighted by Gasteiger charge is -2.34. The molecule has 0 spiro atoms. The number of likely N-dealkylation sites (N-methyl/N-ethyl adjacent to an activating group) is 1. The Hall–Kier alpha value is -2.79. The summed E-state index contributed by atoms with van der Waals surface area (Å²) in [5.41, 5.74) is 7.57. The molecular weight excluding hydrogens is 370 g/mol. The first-order valence-corrected chi connectivity index (χ1v) is 10.6. The van der Waals surface area contributed by atoms with Crippen molar-refractivity contribution in [1.82, 2.24) is 9.91 Å². The van der Waals surface area contributed by atoms with E-state index in [-0.39, 0.29) is 6.04 Å². The van der Waals surface area contributed by atoms with E-state index in [1.54, 1.807) is 0 Å². The van der Waals surface area contributed by atoms with Gasteiger partial charge in [-0.05, 0) is 54.1 Å². The van der Waals surface area contributed by atoms with Gasteiger partial charge in [-0.3, -0.25) is 5.01 Å². The van der Waals surface area contributed by atoms with Gasteiger partial charge in [0.1, 0.15) is 0 Å². The lowest BCUT2D eigenvalue weighted by atomic mass is 9.83. The van der Waals surface area contributed by atoms with Gasteiger partial charge in [0.05, 0.1) is 11.8 Å². The van der Waals surface area contributed by atoms with E-state index >= 15 is 0 Å². The highest BCUT2D eigenvalue weighted by Crippen LogP contribution is 2.40. The van der Waals surface area contributed by atoms with E-state index in [1.165, 1.54) is 33.8 Å². The van der Waals surface area contributed by atoms with Gasteiger partial charge in [-0.25, -0.2) is 0 Å². The number of nitrogens with zero attached hydrogens (tertiary/aromatic N) is 5. The highest BCUT2D eigenvalue weighted by atomic mass is 15.5. The SMILES string of the molecule is CN1C/C(=C\c2ccc(N(C)C)cc2)C2=NN(C)C(c3ccc(N(C)C)cc3)C2C1. The Morgan fingerprint density at radius 3 is 2.00 bits per heavy atom. The van der Waals surface area contributed by atoms with Gasteiger partial charge in [-0.2, -0.15) is 5.10 Å². The summed E-state index contributed by atoms with van der Waals surface area (Å²) in [4.78, 5) is 6.69. The third-order valence-corrected chi connectivity index (χ3v) is 6.18. The lowest BCUT2D eigenvalue weighted by molar-refractivity contribution is 0.211. The fourth-order valence-electron chi connectivity index (χ4n) is 4.58. The molecule has 1 fully saturated rings. The van der Waals surface area contributed by atoms with Crippen molar-refractivity contribution < 1.29 is 0 Å². The van der Waals surface area contributed by atoms with Crippen molar-refractivity contribution in [3.63, 3.8) is 0 Å². The molecule has 4 rings (SSSR count). The van der Waals surface area contributed by atoms with Crippen molar-refractivity contribution in [2.24, 2.45) is 11.0 Å². The Balaban J connectivity index is 1.63. The normalized spacial score (nSPS) is 22.8. The molecule has 158 valence electrons. The summed E-state index contributed by atoms with van der Waals surface area (Å²) in [7, 11) is 12.6. The number of fused-ring (bicyclic) bond motifs is 1. The Labute approximate surface area is 180 Å². The molecule has 2 heterocycles. The van der Waals surface area contributed by atoms with Crippen molar-refractivity contribution in [3.8, 4) is 0 Å². The number of rotatable bonds is 4. The van der Waals surface area contributed by atoms with Crippen LogP contribution in [0.15, 0.2) is 59.2 Å². The highest BCUT2D eigenvalue weighted by Gasteiger charge is 2.41. The molecule has 0 N–H and O–H groups in total. The molecule has 1 saturated heterocycles. The number of benzene rings is 2. The summed E-state index contributed by atoms with van der Waals surface area (Å²) in [6.07, 6.45) is 2.31. The zero-order valence-corrected chi connectivity index (χ0v) is 19.0. The molecule has 0 saturated carbocycles. The van der Waals surface area contributed by atoms with Gasteiger partial charge in [-0.15, -0.1) is 0 Å². The topological polar surface area (TPSA) is 25.3 Å². The molecule has 30 heavy (non-hydrogen) atoms. The molecule has 2 aliphatic heterocycles. The smallest absolute Gasteiger partial charge is 0.0813 e. The molecule has 2 unspecified atom stereocenters. The molecule has 2 aromatic carbocycles. The minimum atomic E-state index is 0.276. The number of likely N-dealkylation sites (tertiary alicyclic amines) is 1. The average molecular weight is 404 g/mol. The van der Waals surface area contributed by atoms with Crippen LogP contribution < -0.4 is 9.80 Å². The highest BCUT2D eigenvalue weighted by molar-refractivity contribution is 6.07.